The molecule has 0 bridgehead atoms. The minimum atomic E-state index is -0.455. The third-order valence-electron chi connectivity index (χ3n) is 3.74. The standard InChI is InChI=1S/C17H26FN3/c1-4-20-17(3,14-19)12-8-9-13-21(5-2)16-11-7-6-10-15(16)18/h6-7,10-11,20H,4-5,8-9,12-13H2,1-3H3. The lowest BCUT2D eigenvalue weighted by Gasteiger charge is -2.25. The molecule has 1 unspecified atom stereocenters. The molecule has 0 aromatic heterocycles. The zero-order valence-corrected chi connectivity index (χ0v) is 13.3. The second-order valence-electron chi connectivity index (χ2n) is 5.46. The summed E-state index contributed by atoms with van der Waals surface area (Å²) in [6.07, 6.45) is 2.71. The van der Waals surface area contributed by atoms with Crippen molar-refractivity contribution in [1.82, 2.24) is 5.32 Å². The van der Waals surface area contributed by atoms with Crippen LogP contribution in [-0.2, 0) is 0 Å². The SMILES string of the molecule is CCNC(C)(C#N)CCCCN(CC)c1ccccc1F. The maximum Gasteiger partial charge on any atom is 0.146 e. The molecule has 1 atom stereocenters. The molecule has 0 aliphatic heterocycles. The van der Waals surface area contributed by atoms with Crippen LogP contribution in [0.25, 0.3) is 0 Å². The number of anilines is 1. The number of para-hydroxylation sites is 1. The van der Waals surface area contributed by atoms with Gasteiger partial charge in [-0.05, 0) is 51.8 Å². The third kappa shape index (κ3) is 5.35. The highest BCUT2D eigenvalue weighted by Crippen LogP contribution is 2.20. The van der Waals surface area contributed by atoms with Gasteiger partial charge in [0, 0.05) is 13.1 Å². The zero-order chi connectivity index (χ0) is 15.7. The van der Waals surface area contributed by atoms with Gasteiger partial charge in [0.25, 0.3) is 0 Å². The molecular formula is C17H26FN3. The van der Waals surface area contributed by atoms with Gasteiger partial charge in [-0.15, -0.1) is 0 Å². The van der Waals surface area contributed by atoms with Crippen molar-refractivity contribution in [3.63, 3.8) is 0 Å². The van der Waals surface area contributed by atoms with Gasteiger partial charge in [0.2, 0.25) is 0 Å². The largest absolute Gasteiger partial charge is 0.369 e. The molecule has 0 saturated carbocycles. The first-order valence-electron chi connectivity index (χ1n) is 7.72. The van der Waals surface area contributed by atoms with Crippen molar-refractivity contribution in [2.75, 3.05) is 24.5 Å². The molecule has 1 N–H and O–H groups in total. The van der Waals surface area contributed by atoms with Crippen molar-refractivity contribution in [2.45, 2.75) is 45.6 Å². The molecule has 1 aromatic rings. The van der Waals surface area contributed by atoms with Crippen LogP contribution >= 0.6 is 0 Å². The highest BCUT2D eigenvalue weighted by atomic mass is 19.1. The van der Waals surface area contributed by atoms with Gasteiger partial charge in [0.15, 0.2) is 0 Å². The van der Waals surface area contributed by atoms with Crippen LogP contribution in [-0.4, -0.2) is 25.2 Å². The quantitative estimate of drug-likeness (QED) is 0.705. The Morgan fingerprint density at radius 3 is 2.57 bits per heavy atom. The molecule has 0 aliphatic rings. The summed E-state index contributed by atoms with van der Waals surface area (Å²) in [6.45, 7) is 8.36. The van der Waals surface area contributed by atoms with Gasteiger partial charge in [0.1, 0.15) is 11.4 Å². The number of nitrogens with one attached hydrogen (secondary N) is 1. The summed E-state index contributed by atoms with van der Waals surface area (Å²) in [5.74, 6) is -0.172. The molecule has 4 heteroatoms. The fraction of sp³-hybridized carbons (Fsp3) is 0.588. The molecule has 0 fully saturated rings. The van der Waals surface area contributed by atoms with Gasteiger partial charge in [0.05, 0.1) is 11.8 Å². The number of nitrogens with zero attached hydrogens (tertiary/aromatic N) is 2. The second kappa shape index (κ2) is 8.63. The van der Waals surface area contributed by atoms with Gasteiger partial charge in [-0.1, -0.05) is 19.1 Å². The van der Waals surface area contributed by atoms with Gasteiger partial charge in [-0.2, -0.15) is 5.26 Å². The number of hydrogen-bond donors (Lipinski definition) is 1. The molecule has 0 radical (unpaired) electrons. The van der Waals surface area contributed by atoms with Crippen LogP contribution in [0.5, 0.6) is 0 Å². The highest BCUT2D eigenvalue weighted by Gasteiger charge is 2.21. The molecule has 0 aliphatic carbocycles. The van der Waals surface area contributed by atoms with Gasteiger partial charge < -0.3 is 4.90 Å². The number of hydrogen-bond acceptors (Lipinski definition) is 3. The Morgan fingerprint density at radius 2 is 2.00 bits per heavy atom. The first-order valence-corrected chi connectivity index (χ1v) is 7.72. The Morgan fingerprint density at radius 1 is 1.29 bits per heavy atom. The van der Waals surface area contributed by atoms with Crippen molar-refractivity contribution in [3.8, 4) is 6.07 Å². The van der Waals surface area contributed by atoms with E-state index in [1.54, 1.807) is 6.07 Å². The lowest BCUT2D eigenvalue weighted by Crippen LogP contribution is -2.40. The van der Waals surface area contributed by atoms with E-state index in [9.17, 15) is 9.65 Å². The molecule has 0 heterocycles. The summed E-state index contributed by atoms with van der Waals surface area (Å²) >= 11 is 0. The second-order valence-corrected chi connectivity index (χ2v) is 5.46. The molecular weight excluding hydrogens is 265 g/mol. The molecule has 0 amide bonds. The van der Waals surface area contributed by atoms with Crippen LogP contribution < -0.4 is 10.2 Å². The number of unbranched alkanes of at least 4 members (excludes halogenated alkanes) is 1. The Hall–Kier alpha value is -1.60. The molecule has 21 heavy (non-hydrogen) atoms. The third-order valence-corrected chi connectivity index (χ3v) is 3.74. The minimum absolute atomic E-state index is 0.172. The Kier molecular flexibility index (Phi) is 7.18. The average Bonchev–Trinajstić information content (AvgIpc) is 2.49. The maximum atomic E-state index is 13.8. The summed E-state index contributed by atoms with van der Waals surface area (Å²) in [5, 5.41) is 12.4. The fourth-order valence-corrected chi connectivity index (χ4v) is 2.51. The van der Waals surface area contributed by atoms with Crippen molar-refractivity contribution >= 4 is 5.69 Å². The first-order chi connectivity index (χ1) is 10.1. The fourth-order valence-electron chi connectivity index (χ4n) is 2.51. The molecule has 3 nitrogen and oxygen atoms in total. The van der Waals surface area contributed by atoms with E-state index in [-0.39, 0.29) is 5.82 Å². The lowest BCUT2D eigenvalue weighted by molar-refractivity contribution is 0.411. The van der Waals surface area contributed by atoms with Crippen LogP contribution in [0.3, 0.4) is 0 Å². The molecule has 116 valence electrons. The van der Waals surface area contributed by atoms with Crippen LogP contribution in [0.4, 0.5) is 10.1 Å². The van der Waals surface area contributed by atoms with E-state index in [2.05, 4.69) is 11.4 Å². The van der Waals surface area contributed by atoms with Crippen LogP contribution in [0.2, 0.25) is 0 Å². The Balaban J connectivity index is 2.47. The van der Waals surface area contributed by atoms with Crippen LogP contribution in [0.15, 0.2) is 24.3 Å². The van der Waals surface area contributed by atoms with Crippen molar-refractivity contribution in [2.24, 2.45) is 0 Å². The van der Waals surface area contributed by atoms with Crippen molar-refractivity contribution < 1.29 is 4.39 Å². The average molecular weight is 291 g/mol. The molecule has 0 saturated heterocycles. The lowest BCUT2D eigenvalue weighted by atomic mass is 9.96. The van der Waals surface area contributed by atoms with E-state index in [0.717, 1.165) is 38.9 Å². The van der Waals surface area contributed by atoms with E-state index in [4.69, 9.17) is 0 Å². The van der Waals surface area contributed by atoms with Crippen molar-refractivity contribution in [3.05, 3.63) is 30.1 Å². The number of benzene rings is 1. The molecule has 1 aromatic carbocycles. The predicted octanol–water partition coefficient (Wildman–Crippen LogP) is 3.71. The first kappa shape index (κ1) is 17.5. The van der Waals surface area contributed by atoms with E-state index in [0.29, 0.717) is 5.69 Å². The summed E-state index contributed by atoms with van der Waals surface area (Å²) in [4.78, 5) is 2.05. The topological polar surface area (TPSA) is 39.1 Å². The minimum Gasteiger partial charge on any atom is -0.369 e. The van der Waals surface area contributed by atoms with E-state index >= 15 is 0 Å². The summed E-state index contributed by atoms with van der Waals surface area (Å²) in [7, 11) is 0. The van der Waals surface area contributed by atoms with Crippen molar-refractivity contribution in [1.29, 1.82) is 5.26 Å². The molecule has 1 rings (SSSR count). The maximum absolute atomic E-state index is 13.8. The van der Waals surface area contributed by atoms with Gasteiger partial charge in [-0.25, -0.2) is 4.39 Å². The van der Waals surface area contributed by atoms with Crippen LogP contribution in [0, 0.1) is 17.1 Å². The van der Waals surface area contributed by atoms with Gasteiger partial charge in [-0.3, -0.25) is 5.32 Å². The molecule has 0 spiro atoms. The number of rotatable bonds is 9. The highest BCUT2D eigenvalue weighted by molar-refractivity contribution is 5.47. The number of halogens is 1. The van der Waals surface area contributed by atoms with E-state index in [1.165, 1.54) is 6.07 Å². The predicted molar refractivity (Wildman–Crippen MR) is 85.8 cm³/mol. The number of nitriles is 1. The van der Waals surface area contributed by atoms with E-state index < -0.39 is 5.54 Å². The smallest absolute Gasteiger partial charge is 0.146 e. The van der Waals surface area contributed by atoms with Crippen LogP contribution in [0.1, 0.15) is 40.0 Å². The van der Waals surface area contributed by atoms with Gasteiger partial charge >= 0.3 is 0 Å². The Labute approximate surface area is 127 Å². The Bertz CT molecular complexity index is 469. The normalized spacial score (nSPS) is 13.5. The summed E-state index contributed by atoms with van der Waals surface area (Å²) in [6, 6.07) is 9.22. The monoisotopic (exact) mass is 291 g/mol. The zero-order valence-electron chi connectivity index (χ0n) is 13.3. The van der Waals surface area contributed by atoms with E-state index in [1.807, 2.05) is 37.8 Å². The summed E-state index contributed by atoms with van der Waals surface area (Å²) < 4.78 is 13.8. The summed E-state index contributed by atoms with van der Waals surface area (Å²) in [5.41, 5.74) is 0.207.